The van der Waals surface area contributed by atoms with Gasteiger partial charge in [0.1, 0.15) is 12.4 Å². The second-order valence-corrected chi connectivity index (χ2v) is 7.27. The first kappa shape index (κ1) is 19.7. The number of pyridine rings is 1. The van der Waals surface area contributed by atoms with E-state index in [2.05, 4.69) is 16.4 Å². The van der Waals surface area contributed by atoms with E-state index in [9.17, 15) is 4.79 Å². The molecule has 30 heavy (non-hydrogen) atoms. The highest BCUT2D eigenvalue weighted by molar-refractivity contribution is 5.89. The van der Waals surface area contributed by atoms with Crippen LogP contribution in [0.15, 0.2) is 84.6 Å². The molecule has 1 saturated heterocycles. The molecule has 0 saturated carbocycles. The minimum Gasteiger partial charge on any atom is -0.489 e. The number of anilines is 1. The van der Waals surface area contributed by atoms with Crippen molar-refractivity contribution in [1.82, 2.24) is 9.88 Å². The van der Waals surface area contributed by atoms with Crippen LogP contribution in [0.1, 0.15) is 24.1 Å². The van der Waals surface area contributed by atoms with Gasteiger partial charge in [0, 0.05) is 25.0 Å². The normalized spacial score (nSPS) is 13.6. The number of ether oxygens (including phenoxy) is 1. The molecule has 3 aromatic rings. The molecule has 0 aliphatic carbocycles. The van der Waals surface area contributed by atoms with Gasteiger partial charge in [-0.15, -0.1) is 0 Å². The Labute approximate surface area is 177 Å². The number of nitrogens with zero attached hydrogens (tertiary/aromatic N) is 2. The smallest absolute Gasteiger partial charge is 0.321 e. The third-order valence-electron chi connectivity index (χ3n) is 5.09. The highest BCUT2D eigenvalue weighted by Gasteiger charge is 2.19. The second-order valence-electron chi connectivity index (χ2n) is 7.27. The van der Waals surface area contributed by atoms with E-state index in [1.165, 1.54) is 5.57 Å². The molecule has 0 radical (unpaired) electrons. The standard InChI is InChI=1S/C25H25N3O2/c29-25(28-16-13-20(14-17-28)18-23-8-4-5-15-26-23)27-22-9-11-24(12-10-22)30-19-21-6-2-1-3-7-21/h1-12,15,18H,13-14,16-17,19H2,(H,27,29). The van der Waals surface area contributed by atoms with Gasteiger partial charge in [-0.05, 0) is 60.9 Å². The lowest BCUT2D eigenvalue weighted by molar-refractivity contribution is 0.208. The predicted octanol–water partition coefficient (Wildman–Crippen LogP) is 5.37. The van der Waals surface area contributed by atoms with Crippen molar-refractivity contribution in [3.63, 3.8) is 0 Å². The molecule has 152 valence electrons. The Morgan fingerprint density at radius 3 is 2.40 bits per heavy atom. The van der Waals surface area contributed by atoms with E-state index >= 15 is 0 Å². The van der Waals surface area contributed by atoms with Crippen LogP contribution in [0.5, 0.6) is 5.75 Å². The van der Waals surface area contributed by atoms with Crippen molar-refractivity contribution in [3.8, 4) is 5.75 Å². The average molecular weight is 399 g/mol. The van der Waals surface area contributed by atoms with Crippen molar-refractivity contribution in [2.24, 2.45) is 0 Å². The molecular weight excluding hydrogens is 374 g/mol. The Morgan fingerprint density at radius 1 is 0.967 bits per heavy atom. The fourth-order valence-electron chi connectivity index (χ4n) is 3.39. The minimum absolute atomic E-state index is 0.0650. The third-order valence-corrected chi connectivity index (χ3v) is 5.09. The molecular formula is C25H25N3O2. The summed E-state index contributed by atoms with van der Waals surface area (Å²) in [7, 11) is 0. The monoisotopic (exact) mass is 399 g/mol. The Morgan fingerprint density at radius 2 is 1.70 bits per heavy atom. The molecule has 1 aliphatic rings. The van der Waals surface area contributed by atoms with Crippen LogP contribution < -0.4 is 10.1 Å². The van der Waals surface area contributed by atoms with Crippen LogP contribution in [-0.4, -0.2) is 29.0 Å². The Hall–Kier alpha value is -3.60. The SMILES string of the molecule is O=C(Nc1ccc(OCc2ccccc2)cc1)N1CCC(=Cc2ccccn2)CC1. The Kier molecular flexibility index (Phi) is 6.40. The van der Waals surface area contributed by atoms with Crippen LogP contribution in [0.4, 0.5) is 10.5 Å². The van der Waals surface area contributed by atoms with Gasteiger partial charge in [0.15, 0.2) is 0 Å². The average Bonchev–Trinajstić information content (AvgIpc) is 2.80. The largest absolute Gasteiger partial charge is 0.489 e. The van der Waals surface area contributed by atoms with E-state index in [1.807, 2.05) is 77.7 Å². The summed E-state index contributed by atoms with van der Waals surface area (Å²) < 4.78 is 5.79. The number of amides is 2. The van der Waals surface area contributed by atoms with E-state index in [4.69, 9.17) is 4.74 Å². The van der Waals surface area contributed by atoms with E-state index in [-0.39, 0.29) is 6.03 Å². The van der Waals surface area contributed by atoms with Gasteiger partial charge in [0.05, 0.1) is 5.69 Å². The maximum Gasteiger partial charge on any atom is 0.321 e. The molecule has 2 aromatic carbocycles. The summed E-state index contributed by atoms with van der Waals surface area (Å²) in [6.45, 7) is 1.94. The quantitative estimate of drug-likeness (QED) is 0.627. The third kappa shape index (κ3) is 5.47. The van der Waals surface area contributed by atoms with Crippen molar-refractivity contribution in [2.75, 3.05) is 18.4 Å². The Balaban J connectivity index is 1.25. The molecule has 1 fully saturated rings. The van der Waals surface area contributed by atoms with Crippen LogP contribution in [0.25, 0.3) is 6.08 Å². The fraction of sp³-hybridized carbons (Fsp3) is 0.200. The highest BCUT2D eigenvalue weighted by atomic mass is 16.5. The van der Waals surface area contributed by atoms with Crippen LogP contribution in [0.2, 0.25) is 0 Å². The van der Waals surface area contributed by atoms with Gasteiger partial charge < -0.3 is 15.0 Å². The maximum atomic E-state index is 12.6. The van der Waals surface area contributed by atoms with E-state index in [1.54, 1.807) is 6.20 Å². The zero-order valence-corrected chi connectivity index (χ0v) is 16.8. The summed E-state index contributed by atoms with van der Waals surface area (Å²) in [6.07, 6.45) is 5.67. The molecule has 1 aliphatic heterocycles. The summed E-state index contributed by atoms with van der Waals surface area (Å²) >= 11 is 0. The summed E-state index contributed by atoms with van der Waals surface area (Å²) in [5, 5.41) is 2.98. The number of likely N-dealkylation sites (tertiary alicyclic amines) is 1. The topological polar surface area (TPSA) is 54.5 Å². The van der Waals surface area contributed by atoms with E-state index in [0.717, 1.165) is 35.5 Å². The first-order valence-electron chi connectivity index (χ1n) is 10.2. The first-order valence-corrected chi connectivity index (χ1v) is 10.2. The number of nitrogens with one attached hydrogen (secondary N) is 1. The number of carbonyl (C=O) groups excluding carboxylic acids is 1. The van der Waals surface area contributed by atoms with Gasteiger partial charge in [-0.1, -0.05) is 42.0 Å². The van der Waals surface area contributed by atoms with Gasteiger partial charge in [-0.3, -0.25) is 4.98 Å². The lowest BCUT2D eigenvalue weighted by atomic mass is 10.0. The summed E-state index contributed by atoms with van der Waals surface area (Å²) in [4.78, 5) is 18.8. The predicted molar refractivity (Wildman–Crippen MR) is 119 cm³/mol. The van der Waals surface area contributed by atoms with Crippen molar-refractivity contribution in [3.05, 3.63) is 95.8 Å². The van der Waals surface area contributed by atoms with Gasteiger partial charge >= 0.3 is 6.03 Å². The molecule has 0 atom stereocenters. The van der Waals surface area contributed by atoms with E-state index < -0.39 is 0 Å². The molecule has 1 aromatic heterocycles. The molecule has 0 bridgehead atoms. The van der Waals surface area contributed by atoms with Gasteiger partial charge in [-0.25, -0.2) is 4.79 Å². The molecule has 5 heteroatoms. The van der Waals surface area contributed by atoms with Gasteiger partial charge in [0.25, 0.3) is 0 Å². The van der Waals surface area contributed by atoms with Crippen LogP contribution in [0, 0.1) is 0 Å². The van der Waals surface area contributed by atoms with E-state index in [0.29, 0.717) is 19.7 Å². The summed E-state index contributed by atoms with van der Waals surface area (Å²) in [5.41, 5.74) is 4.19. The molecule has 0 spiro atoms. The zero-order chi connectivity index (χ0) is 20.6. The zero-order valence-electron chi connectivity index (χ0n) is 16.8. The number of aromatic nitrogens is 1. The summed E-state index contributed by atoms with van der Waals surface area (Å²) in [6, 6.07) is 23.4. The van der Waals surface area contributed by atoms with Crippen molar-refractivity contribution in [1.29, 1.82) is 0 Å². The Bertz CT molecular complexity index is 976. The van der Waals surface area contributed by atoms with Crippen molar-refractivity contribution in [2.45, 2.75) is 19.4 Å². The number of rotatable bonds is 5. The van der Waals surface area contributed by atoms with Crippen molar-refractivity contribution >= 4 is 17.8 Å². The number of hydrogen-bond donors (Lipinski definition) is 1. The lowest BCUT2D eigenvalue weighted by Crippen LogP contribution is -2.39. The summed E-state index contributed by atoms with van der Waals surface area (Å²) in [5.74, 6) is 0.777. The molecule has 1 N–H and O–H groups in total. The number of hydrogen-bond acceptors (Lipinski definition) is 3. The number of benzene rings is 2. The number of carbonyl (C=O) groups is 1. The van der Waals surface area contributed by atoms with Crippen LogP contribution in [0.3, 0.4) is 0 Å². The van der Waals surface area contributed by atoms with Gasteiger partial charge in [0.2, 0.25) is 0 Å². The molecule has 2 amide bonds. The fourth-order valence-corrected chi connectivity index (χ4v) is 3.39. The minimum atomic E-state index is -0.0650. The van der Waals surface area contributed by atoms with Crippen LogP contribution in [-0.2, 0) is 6.61 Å². The van der Waals surface area contributed by atoms with Crippen molar-refractivity contribution < 1.29 is 9.53 Å². The molecule has 5 nitrogen and oxygen atoms in total. The van der Waals surface area contributed by atoms with Gasteiger partial charge in [-0.2, -0.15) is 0 Å². The molecule has 0 unspecified atom stereocenters. The number of urea groups is 1. The highest BCUT2D eigenvalue weighted by Crippen LogP contribution is 2.21. The number of piperidine rings is 1. The lowest BCUT2D eigenvalue weighted by Gasteiger charge is -2.28. The second kappa shape index (κ2) is 9.74. The first-order chi connectivity index (χ1) is 14.8. The molecule has 4 rings (SSSR count). The maximum absolute atomic E-state index is 12.6. The van der Waals surface area contributed by atoms with Crippen LogP contribution >= 0.6 is 0 Å². The molecule has 2 heterocycles.